The highest BCUT2D eigenvalue weighted by Gasteiger charge is 2.30. The van der Waals surface area contributed by atoms with Crippen molar-refractivity contribution < 1.29 is 80.2 Å². The Balaban J connectivity index is 5.25. The summed E-state index contributed by atoms with van der Waals surface area (Å²) in [5, 5.41) is 10.7. The lowest BCUT2D eigenvalue weighted by Gasteiger charge is -2.21. The number of esters is 4. The van der Waals surface area contributed by atoms with Gasteiger partial charge in [-0.3, -0.25) is 37.3 Å². The third kappa shape index (κ3) is 77.4. The van der Waals surface area contributed by atoms with Crippen molar-refractivity contribution in [3.63, 3.8) is 0 Å². The summed E-state index contributed by atoms with van der Waals surface area (Å²) >= 11 is 0. The van der Waals surface area contributed by atoms with Gasteiger partial charge in [-0.25, -0.2) is 9.13 Å². The number of aliphatic hydroxyl groups excluding tert-OH is 1. The van der Waals surface area contributed by atoms with Crippen LogP contribution in [-0.4, -0.2) is 96.7 Å². The minimum atomic E-state index is -4.97. The number of rotatable bonds is 86. The van der Waals surface area contributed by atoms with Crippen molar-refractivity contribution in [1.82, 2.24) is 0 Å². The summed E-state index contributed by atoms with van der Waals surface area (Å²) in [4.78, 5) is 73.3. The molecule has 4 unspecified atom stereocenters. The van der Waals surface area contributed by atoms with Crippen LogP contribution in [0.2, 0.25) is 0 Å². The maximum atomic E-state index is 13.2. The van der Waals surface area contributed by atoms with Gasteiger partial charge in [-0.2, -0.15) is 0 Å². The van der Waals surface area contributed by atoms with Crippen molar-refractivity contribution in [3.05, 3.63) is 0 Å². The van der Waals surface area contributed by atoms with E-state index in [0.29, 0.717) is 25.7 Å². The lowest BCUT2D eigenvalue weighted by atomic mass is 9.99. The van der Waals surface area contributed by atoms with Gasteiger partial charge in [-0.05, 0) is 37.5 Å². The van der Waals surface area contributed by atoms with E-state index in [-0.39, 0.29) is 25.7 Å². The van der Waals surface area contributed by atoms with Crippen LogP contribution in [-0.2, 0) is 65.4 Å². The monoisotopic (exact) mass is 1550 g/mol. The maximum Gasteiger partial charge on any atom is 0.472 e. The van der Waals surface area contributed by atoms with E-state index in [4.69, 9.17) is 37.0 Å². The van der Waals surface area contributed by atoms with Crippen LogP contribution in [0, 0.1) is 11.8 Å². The SMILES string of the molecule is CCCCCCCCCCCCCCCCCCCCCCCC(=O)O[C@H](COC(=O)CCCCCCCCCCCCCCCCCCCCC)COP(=O)(O)OC[C@@H](O)COP(=O)(O)OC[C@@H](COC(=O)CCCCCCCCCCC(C)CC)OC(=O)CCCCCCCCCCCCC(C)CC. The van der Waals surface area contributed by atoms with Crippen LogP contribution < -0.4 is 0 Å². The minimum absolute atomic E-state index is 0.106. The normalized spacial score (nSPS) is 14.3. The Labute approximate surface area is 651 Å². The summed E-state index contributed by atoms with van der Waals surface area (Å²) in [5.41, 5.74) is 0. The number of ether oxygens (including phenoxy) is 4. The first kappa shape index (κ1) is 104. The molecule has 0 aromatic carbocycles. The van der Waals surface area contributed by atoms with E-state index < -0.39 is 97.5 Å². The molecular formula is C87H170O17P2. The Morgan fingerprint density at radius 3 is 0.670 bits per heavy atom. The molecule has 0 heterocycles. The highest BCUT2D eigenvalue weighted by atomic mass is 31.2. The topological polar surface area (TPSA) is 237 Å². The van der Waals surface area contributed by atoms with Crippen molar-refractivity contribution in [2.45, 2.75) is 484 Å². The first-order valence-corrected chi connectivity index (χ1v) is 48.1. The molecular weight excluding hydrogens is 1380 g/mol. The summed E-state index contributed by atoms with van der Waals surface area (Å²) in [6.07, 6.45) is 70.8. The number of phosphoric ester groups is 2. The second kappa shape index (κ2) is 78.3. The minimum Gasteiger partial charge on any atom is -0.462 e. The number of phosphoric acid groups is 2. The van der Waals surface area contributed by atoms with Gasteiger partial charge in [-0.1, -0.05) is 414 Å². The maximum absolute atomic E-state index is 13.2. The molecule has 0 saturated carbocycles. The molecule has 19 heteroatoms. The summed E-state index contributed by atoms with van der Waals surface area (Å²) in [7, 11) is -9.93. The lowest BCUT2D eigenvalue weighted by molar-refractivity contribution is -0.161. The highest BCUT2D eigenvalue weighted by Crippen LogP contribution is 2.45. The average Bonchev–Trinajstić information content (AvgIpc) is 0.958. The Kier molecular flexibility index (Phi) is 76.9. The molecule has 0 spiro atoms. The van der Waals surface area contributed by atoms with Gasteiger partial charge in [0.15, 0.2) is 12.2 Å². The summed E-state index contributed by atoms with van der Waals surface area (Å²) in [6, 6.07) is 0. The molecule has 7 atom stereocenters. The third-order valence-corrected chi connectivity index (χ3v) is 23.1. The van der Waals surface area contributed by atoms with Crippen LogP contribution in [0.1, 0.15) is 465 Å². The van der Waals surface area contributed by atoms with Crippen LogP contribution in [0.3, 0.4) is 0 Å². The molecule has 0 aliphatic heterocycles. The molecule has 3 N–H and O–H groups in total. The Morgan fingerprint density at radius 1 is 0.264 bits per heavy atom. The molecule has 0 aliphatic carbocycles. The zero-order valence-corrected chi connectivity index (χ0v) is 71.5. The molecule has 0 bridgehead atoms. The molecule has 0 aromatic rings. The fourth-order valence-electron chi connectivity index (χ4n) is 13.5. The van der Waals surface area contributed by atoms with E-state index in [0.717, 1.165) is 102 Å². The largest absolute Gasteiger partial charge is 0.472 e. The highest BCUT2D eigenvalue weighted by molar-refractivity contribution is 7.47. The summed E-state index contributed by atoms with van der Waals surface area (Å²) in [6.45, 7) is 9.70. The van der Waals surface area contributed by atoms with E-state index in [2.05, 4.69) is 41.5 Å². The predicted molar refractivity (Wildman–Crippen MR) is 437 cm³/mol. The lowest BCUT2D eigenvalue weighted by Crippen LogP contribution is -2.30. The van der Waals surface area contributed by atoms with Crippen molar-refractivity contribution in [2.24, 2.45) is 11.8 Å². The van der Waals surface area contributed by atoms with Gasteiger partial charge in [0.05, 0.1) is 26.4 Å². The fraction of sp³-hybridized carbons (Fsp3) is 0.954. The van der Waals surface area contributed by atoms with Crippen molar-refractivity contribution >= 4 is 39.5 Å². The summed E-state index contributed by atoms with van der Waals surface area (Å²) in [5.74, 6) is -0.522. The first-order chi connectivity index (χ1) is 51.4. The van der Waals surface area contributed by atoms with Gasteiger partial charge in [0.2, 0.25) is 0 Å². The molecule has 0 radical (unpaired) electrons. The van der Waals surface area contributed by atoms with Crippen molar-refractivity contribution in [3.8, 4) is 0 Å². The fourth-order valence-corrected chi connectivity index (χ4v) is 15.1. The van der Waals surface area contributed by atoms with E-state index in [1.54, 1.807) is 0 Å². The quantitative estimate of drug-likeness (QED) is 0.0222. The van der Waals surface area contributed by atoms with Gasteiger partial charge < -0.3 is 33.8 Å². The van der Waals surface area contributed by atoms with Gasteiger partial charge in [-0.15, -0.1) is 0 Å². The number of aliphatic hydroxyl groups is 1. The zero-order chi connectivity index (χ0) is 77.8. The Bertz CT molecular complexity index is 2030. The van der Waals surface area contributed by atoms with E-state index in [1.165, 1.54) is 283 Å². The van der Waals surface area contributed by atoms with Gasteiger partial charge in [0.25, 0.3) is 0 Å². The number of hydrogen-bond acceptors (Lipinski definition) is 15. The smallest absolute Gasteiger partial charge is 0.462 e. The van der Waals surface area contributed by atoms with Gasteiger partial charge >= 0.3 is 39.5 Å². The molecule has 0 rings (SSSR count). The van der Waals surface area contributed by atoms with E-state index >= 15 is 0 Å². The standard InChI is InChI=1S/C87H170O17P2/c1-7-11-13-15-17-19-21-23-25-27-29-30-32-34-36-38-40-45-53-59-65-71-86(91)103-82(75-97-84(89)69-63-57-51-44-39-37-35-33-31-28-26-24-22-20-18-16-14-12-8-2)77-101-105(93,94)99-73-81(88)74-100-106(95,96)102-78-83(76-98-85(90)70-64-58-52-48-47-50-56-62-68-80(6)10-4)104-87(92)72-66-60-54-46-42-41-43-49-55-61-67-79(5)9-3/h79-83,88H,7-78H2,1-6H3,(H,93,94)(H,95,96)/t79?,80?,81-,82-,83-/m1/s1. The molecule has 630 valence electrons. The number of carbonyl (C=O) groups excluding carboxylic acids is 4. The van der Waals surface area contributed by atoms with Crippen LogP contribution in [0.4, 0.5) is 0 Å². The first-order valence-electron chi connectivity index (χ1n) is 45.1. The zero-order valence-electron chi connectivity index (χ0n) is 69.7. The van der Waals surface area contributed by atoms with Gasteiger partial charge in [0.1, 0.15) is 19.3 Å². The van der Waals surface area contributed by atoms with Crippen LogP contribution >= 0.6 is 15.6 Å². The second-order valence-electron chi connectivity index (χ2n) is 31.8. The number of hydrogen-bond donors (Lipinski definition) is 3. The van der Waals surface area contributed by atoms with Crippen molar-refractivity contribution in [1.29, 1.82) is 0 Å². The third-order valence-electron chi connectivity index (χ3n) is 21.2. The molecule has 0 aliphatic rings. The van der Waals surface area contributed by atoms with E-state index in [1.807, 2.05) is 0 Å². The number of carbonyl (C=O) groups is 4. The Morgan fingerprint density at radius 2 is 0.453 bits per heavy atom. The van der Waals surface area contributed by atoms with E-state index in [9.17, 15) is 43.2 Å². The molecule has 0 saturated heterocycles. The average molecular weight is 1550 g/mol. The van der Waals surface area contributed by atoms with Crippen LogP contribution in [0.25, 0.3) is 0 Å². The second-order valence-corrected chi connectivity index (χ2v) is 34.7. The van der Waals surface area contributed by atoms with Crippen molar-refractivity contribution in [2.75, 3.05) is 39.6 Å². The van der Waals surface area contributed by atoms with Gasteiger partial charge in [0, 0.05) is 25.7 Å². The molecule has 0 amide bonds. The van der Waals surface area contributed by atoms with Crippen LogP contribution in [0.5, 0.6) is 0 Å². The molecule has 106 heavy (non-hydrogen) atoms. The van der Waals surface area contributed by atoms with Crippen LogP contribution in [0.15, 0.2) is 0 Å². The Hall–Kier alpha value is -1.94. The molecule has 0 fully saturated rings. The molecule has 0 aromatic heterocycles. The summed E-state index contributed by atoms with van der Waals surface area (Å²) < 4.78 is 68.9. The number of unbranched alkanes of at least 4 members (excludes halogenated alkanes) is 54. The predicted octanol–water partition coefficient (Wildman–Crippen LogP) is 26.6. The molecule has 17 nitrogen and oxygen atoms in total.